The zero-order chi connectivity index (χ0) is 11.8. The SMILES string of the molecule is Cc1noc(C)c1Cn1cncc1C1CNC1. The predicted octanol–water partition coefficient (Wildman–Crippen LogP) is 1.22. The van der Waals surface area contributed by atoms with E-state index < -0.39 is 0 Å². The molecule has 0 aromatic carbocycles. The second kappa shape index (κ2) is 4.00. The summed E-state index contributed by atoms with van der Waals surface area (Å²) in [5, 5.41) is 7.27. The molecule has 17 heavy (non-hydrogen) atoms. The normalized spacial score (nSPS) is 16.1. The molecule has 3 rings (SSSR count). The highest BCUT2D eigenvalue weighted by Gasteiger charge is 2.23. The van der Waals surface area contributed by atoms with Gasteiger partial charge in [-0.15, -0.1) is 0 Å². The Bertz CT molecular complexity index is 505. The van der Waals surface area contributed by atoms with Crippen molar-refractivity contribution >= 4 is 0 Å². The first-order valence-corrected chi connectivity index (χ1v) is 5.88. The van der Waals surface area contributed by atoms with E-state index >= 15 is 0 Å². The maximum absolute atomic E-state index is 5.19. The van der Waals surface area contributed by atoms with Crippen molar-refractivity contribution in [3.8, 4) is 0 Å². The molecule has 0 saturated carbocycles. The van der Waals surface area contributed by atoms with E-state index in [4.69, 9.17) is 4.52 Å². The molecule has 1 fully saturated rings. The van der Waals surface area contributed by atoms with Crippen LogP contribution in [0, 0.1) is 13.8 Å². The zero-order valence-corrected chi connectivity index (χ0v) is 10.1. The Kier molecular flexibility index (Phi) is 2.48. The maximum atomic E-state index is 5.19. The summed E-state index contributed by atoms with van der Waals surface area (Å²) in [6, 6.07) is 0. The number of rotatable bonds is 3. The van der Waals surface area contributed by atoms with Crippen LogP contribution in [0.15, 0.2) is 17.0 Å². The van der Waals surface area contributed by atoms with Crippen LogP contribution in [-0.2, 0) is 6.54 Å². The minimum absolute atomic E-state index is 0.595. The number of nitrogens with zero attached hydrogens (tertiary/aromatic N) is 3. The van der Waals surface area contributed by atoms with Crippen LogP contribution in [-0.4, -0.2) is 27.8 Å². The molecule has 3 heterocycles. The van der Waals surface area contributed by atoms with E-state index in [1.54, 1.807) is 0 Å². The van der Waals surface area contributed by atoms with Crippen molar-refractivity contribution in [3.63, 3.8) is 0 Å². The molecule has 0 amide bonds. The van der Waals surface area contributed by atoms with Crippen LogP contribution in [0.1, 0.15) is 28.6 Å². The summed E-state index contributed by atoms with van der Waals surface area (Å²) in [4.78, 5) is 4.25. The van der Waals surface area contributed by atoms with Crippen LogP contribution in [0.2, 0.25) is 0 Å². The summed E-state index contributed by atoms with van der Waals surface area (Å²) >= 11 is 0. The number of hydrogen-bond acceptors (Lipinski definition) is 4. The zero-order valence-electron chi connectivity index (χ0n) is 10.1. The molecular formula is C12H16N4O. The first kappa shape index (κ1) is 10.5. The van der Waals surface area contributed by atoms with Crippen molar-refractivity contribution in [2.24, 2.45) is 0 Å². The third-order valence-corrected chi connectivity index (χ3v) is 3.45. The summed E-state index contributed by atoms with van der Waals surface area (Å²) in [6.45, 7) is 6.83. The van der Waals surface area contributed by atoms with Crippen molar-refractivity contribution in [2.45, 2.75) is 26.3 Å². The predicted molar refractivity (Wildman–Crippen MR) is 62.9 cm³/mol. The van der Waals surface area contributed by atoms with Crippen LogP contribution in [0.5, 0.6) is 0 Å². The fraction of sp³-hybridized carbons (Fsp3) is 0.500. The van der Waals surface area contributed by atoms with Crippen LogP contribution in [0.4, 0.5) is 0 Å². The van der Waals surface area contributed by atoms with Gasteiger partial charge in [-0.25, -0.2) is 4.98 Å². The van der Waals surface area contributed by atoms with Crippen molar-refractivity contribution in [3.05, 3.63) is 35.2 Å². The number of imidazole rings is 1. The molecule has 0 aliphatic carbocycles. The standard InChI is InChI=1S/C12H16N4O/c1-8-11(9(2)17-15-8)6-16-7-14-5-12(16)10-3-13-4-10/h5,7,10,13H,3-4,6H2,1-2H3. The molecule has 5 heteroatoms. The van der Waals surface area contributed by atoms with Crippen LogP contribution in [0.3, 0.4) is 0 Å². The summed E-state index contributed by atoms with van der Waals surface area (Å²) in [6.07, 6.45) is 3.85. The van der Waals surface area contributed by atoms with E-state index in [9.17, 15) is 0 Å². The number of nitrogens with one attached hydrogen (secondary N) is 1. The molecule has 0 spiro atoms. The molecule has 1 N–H and O–H groups in total. The first-order chi connectivity index (χ1) is 8.25. The van der Waals surface area contributed by atoms with Crippen molar-refractivity contribution in [1.29, 1.82) is 0 Å². The molecule has 0 atom stereocenters. The molecule has 5 nitrogen and oxygen atoms in total. The van der Waals surface area contributed by atoms with Gasteiger partial charge in [0.25, 0.3) is 0 Å². The fourth-order valence-electron chi connectivity index (χ4n) is 2.20. The molecular weight excluding hydrogens is 216 g/mol. The van der Waals surface area contributed by atoms with Crippen LogP contribution < -0.4 is 5.32 Å². The van der Waals surface area contributed by atoms with Gasteiger partial charge in [-0.05, 0) is 13.8 Å². The third kappa shape index (κ3) is 1.76. The average Bonchev–Trinajstić information content (AvgIpc) is 2.79. The molecule has 1 aliphatic rings. The minimum Gasteiger partial charge on any atom is -0.361 e. The van der Waals surface area contributed by atoms with E-state index in [1.165, 1.54) is 5.69 Å². The molecule has 90 valence electrons. The Morgan fingerprint density at radius 2 is 2.29 bits per heavy atom. The van der Waals surface area contributed by atoms with Gasteiger partial charge in [-0.3, -0.25) is 0 Å². The summed E-state index contributed by atoms with van der Waals surface area (Å²) in [5.74, 6) is 1.49. The molecule has 2 aromatic rings. The van der Waals surface area contributed by atoms with Crippen LogP contribution >= 0.6 is 0 Å². The highest BCUT2D eigenvalue weighted by atomic mass is 16.5. The monoisotopic (exact) mass is 232 g/mol. The largest absolute Gasteiger partial charge is 0.361 e. The molecule has 1 saturated heterocycles. The smallest absolute Gasteiger partial charge is 0.138 e. The van der Waals surface area contributed by atoms with E-state index in [0.29, 0.717) is 5.92 Å². The van der Waals surface area contributed by atoms with Gasteiger partial charge in [0.05, 0.1) is 18.6 Å². The van der Waals surface area contributed by atoms with Gasteiger partial charge in [-0.2, -0.15) is 0 Å². The highest BCUT2D eigenvalue weighted by molar-refractivity contribution is 5.23. The first-order valence-electron chi connectivity index (χ1n) is 5.88. The second-order valence-electron chi connectivity index (χ2n) is 4.60. The Morgan fingerprint density at radius 3 is 2.88 bits per heavy atom. The fourth-order valence-corrected chi connectivity index (χ4v) is 2.20. The lowest BCUT2D eigenvalue weighted by atomic mass is 10.00. The van der Waals surface area contributed by atoms with E-state index in [-0.39, 0.29) is 0 Å². The number of aromatic nitrogens is 3. The molecule has 0 radical (unpaired) electrons. The summed E-state index contributed by atoms with van der Waals surface area (Å²) < 4.78 is 7.38. The summed E-state index contributed by atoms with van der Waals surface area (Å²) in [7, 11) is 0. The summed E-state index contributed by atoms with van der Waals surface area (Å²) in [5.41, 5.74) is 3.43. The maximum Gasteiger partial charge on any atom is 0.138 e. The lowest BCUT2D eigenvalue weighted by Gasteiger charge is -2.27. The van der Waals surface area contributed by atoms with Gasteiger partial charge in [0.15, 0.2) is 0 Å². The average molecular weight is 232 g/mol. The van der Waals surface area contributed by atoms with E-state index in [1.807, 2.05) is 26.4 Å². The minimum atomic E-state index is 0.595. The van der Waals surface area contributed by atoms with E-state index in [0.717, 1.165) is 36.7 Å². The van der Waals surface area contributed by atoms with E-state index in [2.05, 4.69) is 20.0 Å². The van der Waals surface area contributed by atoms with Crippen LogP contribution in [0.25, 0.3) is 0 Å². The number of hydrogen-bond donors (Lipinski definition) is 1. The molecule has 1 aliphatic heterocycles. The van der Waals surface area contributed by atoms with Gasteiger partial charge in [0.1, 0.15) is 5.76 Å². The third-order valence-electron chi connectivity index (χ3n) is 3.45. The van der Waals surface area contributed by atoms with Crippen molar-refractivity contribution in [1.82, 2.24) is 20.0 Å². The van der Waals surface area contributed by atoms with Gasteiger partial charge >= 0.3 is 0 Å². The topological polar surface area (TPSA) is 55.9 Å². The lowest BCUT2D eigenvalue weighted by molar-refractivity contribution is 0.391. The Labute approximate surface area is 99.8 Å². The second-order valence-corrected chi connectivity index (χ2v) is 4.60. The highest BCUT2D eigenvalue weighted by Crippen LogP contribution is 2.21. The molecule has 0 unspecified atom stereocenters. The van der Waals surface area contributed by atoms with Crippen molar-refractivity contribution in [2.75, 3.05) is 13.1 Å². The Morgan fingerprint density at radius 1 is 1.47 bits per heavy atom. The van der Waals surface area contributed by atoms with Crippen molar-refractivity contribution < 1.29 is 4.52 Å². The molecule has 2 aromatic heterocycles. The van der Waals surface area contributed by atoms with Gasteiger partial charge < -0.3 is 14.4 Å². The van der Waals surface area contributed by atoms with Gasteiger partial charge in [0, 0.05) is 36.5 Å². The van der Waals surface area contributed by atoms with Gasteiger partial charge in [-0.1, -0.05) is 5.16 Å². The number of aryl methyl sites for hydroxylation is 2. The lowest BCUT2D eigenvalue weighted by Crippen LogP contribution is -2.40. The van der Waals surface area contributed by atoms with Gasteiger partial charge in [0.2, 0.25) is 0 Å². The quantitative estimate of drug-likeness (QED) is 0.864. The Balaban J connectivity index is 1.88. The Hall–Kier alpha value is -1.62. The molecule has 0 bridgehead atoms.